The summed E-state index contributed by atoms with van der Waals surface area (Å²) >= 11 is 1.47. The van der Waals surface area contributed by atoms with Crippen molar-refractivity contribution in [1.82, 2.24) is 14.9 Å². The minimum absolute atomic E-state index is 0.00172. The maximum atomic E-state index is 14.0. The van der Waals surface area contributed by atoms with Crippen LogP contribution in [0.1, 0.15) is 45.7 Å². The third-order valence-corrected chi connectivity index (χ3v) is 6.42. The van der Waals surface area contributed by atoms with Crippen molar-refractivity contribution in [3.63, 3.8) is 0 Å². The summed E-state index contributed by atoms with van der Waals surface area (Å²) in [6, 6.07) is 15.6. The predicted octanol–water partition coefficient (Wildman–Crippen LogP) is 5.14. The van der Waals surface area contributed by atoms with Crippen molar-refractivity contribution in [2.45, 2.75) is 52.2 Å². The quantitative estimate of drug-likeness (QED) is 0.338. The normalized spacial score (nSPS) is 12.2. The van der Waals surface area contributed by atoms with Crippen LogP contribution >= 0.6 is 11.3 Å². The average molecular weight is 518 g/mol. The summed E-state index contributed by atoms with van der Waals surface area (Å²) < 4.78 is 1.78. The van der Waals surface area contributed by atoms with Crippen LogP contribution in [0.2, 0.25) is 0 Å². The highest BCUT2D eigenvalue weighted by Crippen LogP contribution is 2.31. The molecule has 4 aromatic rings. The second kappa shape index (κ2) is 11.0. The van der Waals surface area contributed by atoms with Crippen molar-refractivity contribution in [1.29, 1.82) is 0 Å². The topological polar surface area (TPSA) is 96.3 Å². The molecule has 37 heavy (non-hydrogen) atoms. The highest BCUT2D eigenvalue weighted by Gasteiger charge is 2.35. The number of carbonyl (C=O) groups is 3. The highest BCUT2D eigenvalue weighted by molar-refractivity contribution is 7.08. The largest absolute Gasteiger partial charge is 0.349 e. The van der Waals surface area contributed by atoms with Gasteiger partial charge in [0.25, 0.3) is 0 Å². The molecule has 0 spiro atoms. The van der Waals surface area contributed by atoms with Gasteiger partial charge in [-0.25, -0.2) is 4.98 Å². The molecule has 0 fully saturated rings. The first-order valence-corrected chi connectivity index (χ1v) is 13.1. The fourth-order valence-electron chi connectivity index (χ4n) is 4.04. The van der Waals surface area contributed by atoms with Gasteiger partial charge in [0.1, 0.15) is 12.6 Å². The first-order valence-electron chi connectivity index (χ1n) is 12.1. The molecule has 1 unspecified atom stereocenters. The van der Waals surface area contributed by atoms with Gasteiger partial charge in [-0.2, -0.15) is 11.3 Å². The summed E-state index contributed by atoms with van der Waals surface area (Å²) in [7, 11) is 0. The van der Waals surface area contributed by atoms with E-state index in [0.29, 0.717) is 17.8 Å². The van der Waals surface area contributed by atoms with Gasteiger partial charge < -0.3 is 15.2 Å². The van der Waals surface area contributed by atoms with Gasteiger partial charge in [0.05, 0.1) is 17.4 Å². The number of fused-ring (bicyclic) bond motifs is 1. The lowest BCUT2D eigenvalue weighted by atomic mass is 10.0. The van der Waals surface area contributed by atoms with Gasteiger partial charge in [-0.1, -0.05) is 19.1 Å². The molecule has 0 radical (unpaired) electrons. The second-order valence-corrected chi connectivity index (χ2v) is 10.6. The number of imidazole rings is 1. The fourth-order valence-corrected chi connectivity index (χ4v) is 4.72. The van der Waals surface area contributed by atoms with Crippen molar-refractivity contribution in [3.8, 4) is 0 Å². The van der Waals surface area contributed by atoms with E-state index in [1.807, 2.05) is 61.9 Å². The monoisotopic (exact) mass is 517 g/mol. The van der Waals surface area contributed by atoms with Crippen LogP contribution < -0.4 is 15.5 Å². The number of rotatable bonds is 8. The van der Waals surface area contributed by atoms with E-state index in [-0.39, 0.29) is 24.3 Å². The summed E-state index contributed by atoms with van der Waals surface area (Å²) in [6.07, 6.45) is 2.00. The lowest BCUT2D eigenvalue weighted by Crippen LogP contribution is -2.50. The minimum Gasteiger partial charge on any atom is -0.349 e. The average Bonchev–Trinajstić information content (AvgIpc) is 3.52. The number of hydrogen-bond donors (Lipinski definition) is 2. The molecule has 192 valence electrons. The number of anilines is 2. The van der Waals surface area contributed by atoms with Crippen LogP contribution in [0.4, 0.5) is 11.4 Å². The molecule has 0 saturated heterocycles. The fraction of sp³-hybridized carbons (Fsp3) is 0.286. The number of para-hydroxylation sites is 2. The molecule has 2 heterocycles. The van der Waals surface area contributed by atoms with E-state index in [2.05, 4.69) is 15.6 Å². The summed E-state index contributed by atoms with van der Waals surface area (Å²) in [5.41, 5.74) is 3.02. The Morgan fingerprint density at radius 2 is 1.78 bits per heavy atom. The maximum Gasteiger partial charge on any atom is 0.248 e. The van der Waals surface area contributed by atoms with Crippen LogP contribution in [-0.4, -0.2) is 32.8 Å². The Kier molecular flexibility index (Phi) is 7.73. The van der Waals surface area contributed by atoms with Crippen LogP contribution in [0.3, 0.4) is 0 Å². The number of aromatic nitrogens is 2. The first-order chi connectivity index (χ1) is 17.7. The molecule has 2 aromatic carbocycles. The molecule has 0 saturated carbocycles. The summed E-state index contributed by atoms with van der Waals surface area (Å²) in [4.78, 5) is 45.4. The third-order valence-electron chi connectivity index (χ3n) is 5.72. The molecule has 3 amide bonds. The first kappa shape index (κ1) is 26.1. The SMILES string of the molecule is CCC(=O)Nc1ccc(N(C(=O)Cn2cnc3ccccc32)C(C(=O)NC(C)(C)C)c2ccsc2)cc1. The van der Waals surface area contributed by atoms with Crippen LogP contribution in [0.15, 0.2) is 71.7 Å². The van der Waals surface area contributed by atoms with E-state index in [1.165, 1.54) is 16.2 Å². The molecular weight excluding hydrogens is 486 g/mol. The highest BCUT2D eigenvalue weighted by atomic mass is 32.1. The number of thiophene rings is 1. The third kappa shape index (κ3) is 6.24. The molecule has 0 aliphatic heterocycles. The Hall–Kier alpha value is -3.98. The van der Waals surface area contributed by atoms with E-state index >= 15 is 0 Å². The Balaban J connectivity index is 1.76. The summed E-state index contributed by atoms with van der Waals surface area (Å²) in [5, 5.41) is 9.64. The maximum absolute atomic E-state index is 14.0. The van der Waals surface area contributed by atoms with E-state index in [1.54, 1.807) is 42.1 Å². The molecule has 1 atom stereocenters. The van der Waals surface area contributed by atoms with Gasteiger partial charge in [-0.15, -0.1) is 0 Å². The van der Waals surface area contributed by atoms with E-state index in [9.17, 15) is 14.4 Å². The van der Waals surface area contributed by atoms with Crippen LogP contribution in [0.25, 0.3) is 11.0 Å². The lowest BCUT2D eigenvalue weighted by Gasteiger charge is -2.33. The Morgan fingerprint density at radius 3 is 2.43 bits per heavy atom. The summed E-state index contributed by atoms with van der Waals surface area (Å²) in [6.45, 7) is 7.50. The molecule has 4 rings (SSSR count). The predicted molar refractivity (Wildman–Crippen MR) is 148 cm³/mol. The molecular formula is C28H31N5O3S. The molecule has 2 aromatic heterocycles. The lowest BCUT2D eigenvalue weighted by molar-refractivity contribution is -0.127. The van der Waals surface area contributed by atoms with Gasteiger partial charge in [0.2, 0.25) is 17.7 Å². The number of nitrogens with zero attached hydrogens (tertiary/aromatic N) is 3. The van der Waals surface area contributed by atoms with Gasteiger partial charge in [-0.3, -0.25) is 19.3 Å². The molecule has 0 aliphatic rings. The van der Waals surface area contributed by atoms with E-state index in [0.717, 1.165) is 16.6 Å². The Bertz CT molecular complexity index is 1390. The molecule has 0 aliphatic carbocycles. The van der Waals surface area contributed by atoms with Gasteiger partial charge >= 0.3 is 0 Å². The number of amides is 3. The van der Waals surface area contributed by atoms with Crippen molar-refractivity contribution >= 4 is 51.5 Å². The zero-order chi connectivity index (χ0) is 26.6. The standard InChI is InChI=1S/C28H31N5O3S/c1-5-24(34)30-20-10-12-21(13-11-20)33(25(35)16-32-18-29-22-8-6-7-9-23(22)32)26(19-14-15-37-17-19)27(36)31-28(2,3)4/h6-15,17-18,26H,5,16H2,1-4H3,(H,30,34)(H,31,36). The molecule has 0 bridgehead atoms. The van der Waals surface area contributed by atoms with Gasteiger partial charge in [-0.05, 0) is 79.6 Å². The number of nitrogens with one attached hydrogen (secondary N) is 2. The second-order valence-electron chi connectivity index (χ2n) is 9.77. The zero-order valence-corrected chi connectivity index (χ0v) is 22.2. The van der Waals surface area contributed by atoms with Crippen molar-refractivity contribution in [2.75, 3.05) is 10.2 Å². The number of benzene rings is 2. The number of carbonyl (C=O) groups excluding carboxylic acids is 3. The Morgan fingerprint density at radius 1 is 1.05 bits per heavy atom. The molecule has 2 N–H and O–H groups in total. The molecule has 8 nitrogen and oxygen atoms in total. The van der Waals surface area contributed by atoms with Crippen molar-refractivity contribution in [3.05, 3.63) is 77.2 Å². The summed E-state index contributed by atoms with van der Waals surface area (Å²) in [5.74, 6) is -0.653. The molecule has 9 heteroatoms. The van der Waals surface area contributed by atoms with Crippen molar-refractivity contribution in [2.24, 2.45) is 0 Å². The van der Waals surface area contributed by atoms with Crippen LogP contribution in [0, 0.1) is 0 Å². The van der Waals surface area contributed by atoms with Crippen molar-refractivity contribution < 1.29 is 14.4 Å². The van der Waals surface area contributed by atoms with Gasteiger partial charge in [0, 0.05) is 23.3 Å². The smallest absolute Gasteiger partial charge is 0.248 e. The van der Waals surface area contributed by atoms with Crippen LogP contribution in [0.5, 0.6) is 0 Å². The number of hydrogen-bond acceptors (Lipinski definition) is 5. The minimum atomic E-state index is -0.885. The van der Waals surface area contributed by atoms with Gasteiger partial charge in [0.15, 0.2) is 0 Å². The van der Waals surface area contributed by atoms with E-state index < -0.39 is 11.6 Å². The zero-order valence-electron chi connectivity index (χ0n) is 21.4. The van der Waals surface area contributed by atoms with E-state index in [4.69, 9.17) is 0 Å². The van der Waals surface area contributed by atoms with Crippen LogP contribution in [-0.2, 0) is 20.9 Å². The Labute approximate surface area is 220 Å².